The second-order valence-corrected chi connectivity index (χ2v) is 6.31. The summed E-state index contributed by atoms with van der Waals surface area (Å²) in [7, 11) is 1.83. The molecule has 0 unspecified atom stereocenters. The fourth-order valence-corrected chi connectivity index (χ4v) is 3.16. The van der Waals surface area contributed by atoms with Crippen molar-refractivity contribution in [2.24, 2.45) is 7.05 Å². The van der Waals surface area contributed by atoms with E-state index >= 15 is 0 Å². The molecule has 0 saturated heterocycles. The first-order chi connectivity index (χ1) is 12.8. The highest BCUT2D eigenvalue weighted by Gasteiger charge is 2.20. The third kappa shape index (κ3) is 2.75. The molecule has 0 saturated carbocycles. The van der Waals surface area contributed by atoms with E-state index < -0.39 is 5.97 Å². The van der Waals surface area contributed by atoms with Crippen LogP contribution in [0, 0.1) is 19.7 Å². The maximum atomic E-state index is 13.2. The number of hydrogen-bond acceptors (Lipinski definition) is 4. The molecule has 4 aromatic rings. The van der Waals surface area contributed by atoms with Gasteiger partial charge < -0.3 is 5.11 Å². The Balaban J connectivity index is 1.96. The molecule has 27 heavy (non-hydrogen) atoms. The summed E-state index contributed by atoms with van der Waals surface area (Å²) in [4.78, 5) is 16.4. The monoisotopic (exact) mass is 365 g/mol. The van der Waals surface area contributed by atoms with Crippen molar-refractivity contribution in [3.8, 4) is 22.5 Å². The number of carbonyl (C=O) groups is 1. The molecular formula is C19H16FN5O2. The molecule has 0 fully saturated rings. The van der Waals surface area contributed by atoms with E-state index in [0.717, 1.165) is 17.0 Å². The van der Waals surface area contributed by atoms with Crippen LogP contribution in [0.25, 0.3) is 28.2 Å². The van der Waals surface area contributed by atoms with Gasteiger partial charge >= 0.3 is 5.97 Å². The van der Waals surface area contributed by atoms with Gasteiger partial charge in [-0.25, -0.2) is 18.7 Å². The van der Waals surface area contributed by atoms with Gasteiger partial charge in [0.15, 0.2) is 11.3 Å². The second-order valence-electron chi connectivity index (χ2n) is 6.31. The molecular weight excluding hydrogens is 349 g/mol. The number of hydrogen-bond donors (Lipinski definition) is 1. The van der Waals surface area contributed by atoms with Crippen molar-refractivity contribution >= 4 is 11.6 Å². The lowest BCUT2D eigenvalue weighted by Crippen LogP contribution is -2.08. The molecule has 0 amide bonds. The fourth-order valence-electron chi connectivity index (χ4n) is 3.16. The lowest BCUT2D eigenvalue weighted by Gasteiger charge is -2.05. The third-order valence-corrected chi connectivity index (χ3v) is 4.55. The van der Waals surface area contributed by atoms with Crippen LogP contribution in [0.4, 0.5) is 4.39 Å². The highest BCUT2D eigenvalue weighted by Crippen LogP contribution is 2.28. The zero-order valence-electron chi connectivity index (χ0n) is 14.9. The van der Waals surface area contributed by atoms with Crippen molar-refractivity contribution in [3.05, 3.63) is 59.3 Å². The Hall–Kier alpha value is -3.55. The molecule has 0 radical (unpaired) electrons. The zero-order valence-corrected chi connectivity index (χ0v) is 14.9. The lowest BCUT2D eigenvalue weighted by atomic mass is 10.1. The van der Waals surface area contributed by atoms with Crippen LogP contribution >= 0.6 is 0 Å². The van der Waals surface area contributed by atoms with Crippen LogP contribution in [-0.2, 0) is 7.05 Å². The average molecular weight is 365 g/mol. The molecule has 3 aromatic heterocycles. The largest absolute Gasteiger partial charge is 0.477 e. The summed E-state index contributed by atoms with van der Waals surface area (Å²) in [6, 6.07) is 9.02. The van der Waals surface area contributed by atoms with Crippen LogP contribution in [0.3, 0.4) is 0 Å². The summed E-state index contributed by atoms with van der Waals surface area (Å²) < 4.78 is 16.2. The van der Waals surface area contributed by atoms with Crippen LogP contribution < -0.4 is 0 Å². The number of halogens is 1. The minimum absolute atomic E-state index is 0.00832. The van der Waals surface area contributed by atoms with Gasteiger partial charge in [0.2, 0.25) is 0 Å². The number of aromatic nitrogens is 5. The molecule has 0 spiro atoms. The Labute approximate surface area is 153 Å². The highest BCUT2D eigenvalue weighted by molar-refractivity contribution is 5.88. The Morgan fingerprint density at radius 3 is 2.37 bits per heavy atom. The van der Waals surface area contributed by atoms with Crippen molar-refractivity contribution in [1.29, 1.82) is 0 Å². The van der Waals surface area contributed by atoms with Crippen molar-refractivity contribution in [1.82, 2.24) is 24.4 Å². The van der Waals surface area contributed by atoms with Crippen molar-refractivity contribution in [2.45, 2.75) is 13.8 Å². The minimum Gasteiger partial charge on any atom is -0.477 e. The second kappa shape index (κ2) is 6.01. The molecule has 1 aromatic carbocycles. The van der Waals surface area contributed by atoms with E-state index in [2.05, 4.69) is 15.2 Å². The Morgan fingerprint density at radius 2 is 1.78 bits per heavy atom. The number of nitrogens with zero attached hydrogens (tertiary/aromatic N) is 5. The SMILES string of the molecule is Cc1nn(C)c(C)c1-c1cc(C(=O)O)n2nc(-c3ccc(F)cc3)cc2n1. The van der Waals surface area contributed by atoms with E-state index in [9.17, 15) is 14.3 Å². The summed E-state index contributed by atoms with van der Waals surface area (Å²) in [6.45, 7) is 3.76. The summed E-state index contributed by atoms with van der Waals surface area (Å²) >= 11 is 0. The summed E-state index contributed by atoms with van der Waals surface area (Å²) in [5.74, 6) is -1.46. The first kappa shape index (κ1) is 16.9. The topological polar surface area (TPSA) is 85.3 Å². The molecule has 7 nitrogen and oxygen atoms in total. The number of benzene rings is 1. The summed E-state index contributed by atoms with van der Waals surface area (Å²) in [5.41, 5.74) is 4.55. The molecule has 136 valence electrons. The maximum absolute atomic E-state index is 13.2. The molecule has 1 N–H and O–H groups in total. The van der Waals surface area contributed by atoms with Crippen LogP contribution in [0.15, 0.2) is 36.4 Å². The molecule has 0 aliphatic carbocycles. The molecule has 0 aliphatic heterocycles. The van der Waals surface area contributed by atoms with Crippen molar-refractivity contribution in [3.63, 3.8) is 0 Å². The maximum Gasteiger partial charge on any atom is 0.354 e. The number of aromatic carboxylic acids is 1. The average Bonchev–Trinajstić information content (AvgIpc) is 3.15. The Morgan fingerprint density at radius 1 is 1.07 bits per heavy atom. The fraction of sp³-hybridized carbons (Fsp3) is 0.158. The highest BCUT2D eigenvalue weighted by atomic mass is 19.1. The summed E-state index contributed by atoms with van der Waals surface area (Å²) in [5, 5.41) is 18.4. The lowest BCUT2D eigenvalue weighted by molar-refractivity contribution is 0.0687. The number of fused-ring (bicyclic) bond motifs is 1. The van der Waals surface area contributed by atoms with Gasteiger partial charge in [-0.15, -0.1) is 0 Å². The Bertz CT molecular complexity index is 1190. The van der Waals surface area contributed by atoms with Crippen LogP contribution in [-0.4, -0.2) is 35.5 Å². The standard InChI is InChI=1S/C19H16FN5O2/c1-10-18(11(2)24(3)22-10)15-8-16(19(26)27)25-17(21-15)9-14(23-25)12-4-6-13(20)7-5-12/h4-9H,1-3H3,(H,26,27). The molecule has 3 heterocycles. The van der Waals surface area contributed by atoms with E-state index in [4.69, 9.17) is 0 Å². The van der Waals surface area contributed by atoms with Gasteiger partial charge in [-0.3, -0.25) is 4.68 Å². The van der Waals surface area contributed by atoms with Gasteiger partial charge in [0.1, 0.15) is 5.82 Å². The van der Waals surface area contributed by atoms with Gasteiger partial charge in [-0.2, -0.15) is 10.2 Å². The van der Waals surface area contributed by atoms with Gasteiger partial charge in [0.05, 0.1) is 17.1 Å². The molecule has 0 bridgehead atoms. The van der Waals surface area contributed by atoms with Crippen LogP contribution in [0.5, 0.6) is 0 Å². The number of carboxylic acids is 1. The van der Waals surface area contributed by atoms with E-state index in [1.54, 1.807) is 22.9 Å². The van der Waals surface area contributed by atoms with E-state index in [-0.39, 0.29) is 11.5 Å². The van der Waals surface area contributed by atoms with Crippen LogP contribution in [0.1, 0.15) is 21.9 Å². The Kier molecular flexibility index (Phi) is 3.76. The van der Waals surface area contributed by atoms with Gasteiger partial charge in [0, 0.05) is 29.9 Å². The van der Waals surface area contributed by atoms with E-state index in [1.807, 2.05) is 20.9 Å². The smallest absolute Gasteiger partial charge is 0.354 e. The predicted molar refractivity (Wildman–Crippen MR) is 97.0 cm³/mol. The van der Waals surface area contributed by atoms with Crippen molar-refractivity contribution in [2.75, 3.05) is 0 Å². The number of aryl methyl sites for hydroxylation is 2. The molecule has 4 rings (SSSR count). The van der Waals surface area contributed by atoms with E-state index in [1.165, 1.54) is 22.7 Å². The van der Waals surface area contributed by atoms with Crippen LogP contribution in [0.2, 0.25) is 0 Å². The summed E-state index contributed by atoms with van der Waals surface area (Å²) in [6.07, 6.45) is 0. The van der Waals surface area contributed by atoms with Gasteiger partial charge in [-0.1, -0.05) is 0 Å². The predicted octanol–water partition coefficient (Wildman–Crippen LogP) is 3.25. The minimum atomic E-state index is -1.11. The first-order valence-electron chi connectivity index (χ1n) is 8.26. The van der Waals surface area contributed by atoms with Gasteiger partial charge in [0.25, 0.3) is 0 Å². The van der Waals surface area contributed by atoms with E-state index in [0.29, 0.717) is 22.6 Å². The molecule has 8 heteroatoms. The number of carboxylic acid groups (broad SMARTS) is 1. The first-order valence-corrected chi connectivity index (χ1v) is 8.26. The van der Waals surface area contributed by atoms with Crippen molar-refractivity contribution < 1.29 is 14.3 Å². The third-order valence-electron chi connectivity index (χ3n) is 4.55. The molecule has 0 atom stereocenters. The number of rotatable bonds is 3. The zero-order chi connectivity index (χ0) is 19.3. The normalized spacial score (nSPS) is 11.3. The molecule has 0 aliphatic rings. The van der Waals surface area contributed by atoms with Gasteiger partial charge in [-0.05, 0) is 44.2 Å². The quantitative estimate of drug-likeness (QED) is 0.602.